The van der Waals surface area contributed by atoms with Crippen LogP contribution in [0, 0.1) is 13.8 Å². The van der Waals surface area contributed by atoms with Crippen molar-refractivity contribution in [2.45, 2.75) is 26.8 Å². The molecule has 0 atom stereocenters. The lowest BCUT2D eigenvalue weighted by Crippen LogP contribution is -2.12. The molecule has 0 aliphatic carbocycles. The molecule has 71 heavy (non-hydrogen) atoms. The zero-order chi connectivity index (χ0) is 48.3. The molecular formula is C60H41Cl2N7O2. The van der Waals surface area contributed by atoms with Crippen molar-refractivity contribution >= 4 is 67.1 Å². The van der Waals surface area contributed by atoms with Crippen LogP contribution in [-0.2, 0) is 13.0 Å². The van der Waals surface area contributed by atoms with Gasteiger partial charge in [0.2, 0.25) is 0 Å². The van der Waals surface area contributed by atoms with Crippen LogP contribution in [0.5, 0.6) is 0 Å². The van der Waals surface area contributed by atoms with E-state index in [0.717, 1.165) is 83.4 Å². The van der Waals surface area contributed by atoms with Crippen molar-refractivity contribution in [3.63, 3.8) is 0 Å². The minimum atomic E-state index is -0.126. The summed E-state index contributed by atoms with van der Waals surface area (Å²) < 4.78 is 2.04. The third kappa shape index (κ3) is 8.35. The van der Waals surface area contributed by atoms with Crippen LogP contribution in [0.15, 0.2) is 186 Å². The quantitative estimate of drug-likeness (QED) is 0.149. The summed E-state index contributed by atoms with van der Waals surface area (Å²) in [6.45, 7) is 4.58. The van der Waals surface area contributed by atoms with E-state index >= 15 is 0 Å². The van der Waals surface area contributed by atoms with E-state index in [-0.39, 0.29) is 10.9 Å². The molecule has 0 amide bonds. The third-order valence-corrected chi connectivity index (χ3v) is 13.7. The molecular weight excluding hydrogens is 922 g/mol. The van der Waals surface area contributed by atoms with Crippen LogP contribution in [-0.4, -0.2) is 34.5 Å². The minimum Gasteiger partial charge on any atom is -0.348 e. The molecule has 0 aliphatic rings. The number of aromatic nitrogens is 7. The number of fused-ring (bicyclic) bond motifs is 4. The number of hydrogen-bond donors (Lipinski definition) is 2. The maximum Gasteiger partial charge on any atom is 0.194 e. The monoisotopic (exact) mass is 961 g/mol. The van der Waals surface area contributed by atoms with Crippen LogP contribution in [0.1, 0.15) is 27.9 Å². The van der Waals surface area contributed by atoms with Gasteiger partial charge in [0.15, 0.2) is 10.9 Å². The maximum absolute atomic E-state index is 14.2. The number of aromatic amines is 2. The summed E-state index contributed by atoms with van der Waals surface area (Å²) in [5.74, 6) is 0. The van der Waals surface area contributed by atoms with E-state index in [9.17, 15) is 9.59 Å². The summed E-state index contributed by atoms with van der Waals surface area (Å²) in [5.41, 5.74) is 15.0. The molecule has 0 fully saturated rings. The summed E-state index contributed by atoms with van der Waals surface area (Å²) in [5, 5.41) is 3.65. The van der Waals surface area contributed by atoms with Gasteiger partial charge in [0.05, 0.1) is 49.8 Å². The molecule has 0 saturated carbocycles. The molecule has 12 rings (SSSR count). The summed E-state index contributed by atoms with van der Waals surface area (Å²) >= 11 is 13.9. The smallest absolute Gasteiger partial charge is 0.194 e. The molecule has 12 aromatic rings. The van der Waals surface area contributed by atoms with Gasteiger partial charge in [-0.3, -0.25) is 19.6 Å². The first-order valence-corrected chi connectivity index (χ1v) is 23.9. The first-order valence-electron chi connectivity index (χ1n) is 23.2. The van der Waals surface area contributed by atoms with E-state index in [4.69, 9.17) is 38.2 Å². The largest absolute Gasteiger partial charge is 0.348 e. The van der Waals surface area contributed by atoms with E-state index < -0.39 is 0 Å². The van der Waals surface area contributed by atoms with Crippen molar-refractivity contribution < 1.29 is 0 Å². The number of pyridine rings is 6. The fourth-order valence-electron chi connectivity index (χ4n) is 9.53. The molecule has 2 N–H and O–H groups in total. The van der Waals surface area contributed by atoms with Gasteiger partial charge in [0, 0.05) is 93.3 Å². The number of aryl methyl sites for hydroxylation is 2. The molecule has 0 spiro atoms. The number of nitrogens with zero attached hydrogens (tertiary/aromatic N) is 5. The summed E-state index contributed by atoms with van der Waals surface area (Å²) in [4.78, 5) is 54.5. The van der Waals surface area contributed by atoms with E-state index in [1.807, 2.05) is 133 Å². The van der Waals surface area contributed by atoms with Gasteiger partial charge in [-0.1, -0.05) is 114 Å². The van der Waals surface area contributed by atoms with E-state index in [0.29, 0.717) is 67.4 Å². The Morgan fingerprint density at radius 1 is 0.577 bits per heavy atom. The van der Waals surface area contributed by atoms with Crippen LogP contribution in [0.3, 0.4) is 0 Å². The van der Waals surface area contributed by atoms with Crippen molar-refractivity contribution in [2.24, 2.45) is 0 Å². The van der Waals surface area contributed by atoms with Gasteiger partial charge in [0.1, 0.15) is 11.3 Å². The van der Waals surface area contributed by atoms with Crippen LogP contribution in [0.25, 0.3) is 99.8 Å². The Kier molecular flexibility index (Phi) is 11.0. The van der Waals surface area contributed by atoms with Gasteiger partial charge in [-0.25, -0.2) is 9.97 Å². The molecule has 11 heteroatoms. The zero-order valence-corrected chi connectivity index (χ0v) is 40.0. The van der Waals surface area contributed by atoms with Gasteiger partial charge < -0.3 is 14.5 Å². The lowest BCUT2D eigenvalue weighted by Gasteiger charge is -2.15. The SMILES string of the molecule is Cc1ccc(Cc2c[nH]c3nc(-c4ccccc4)c(-c4cc(Cl)c5ncc(-c6ccc(-c7nc8[nH]c(Cn9ccc(C)c9)cc(=O)c8cc7-c7cc(Cl)c8ncccc8c7)cc6)cc5c4)cc3c2=O)cc1. The van der Waals surface area contributed by atoms with Crippen LogP contribution in [0.4, 0.5) is 0 Å². The molecule has 0 bridgehead atoms. The Bertz CT molecular complexity index is 4200. The third-order valence-electron chi connectivity index (χ3n) is 13.1. The van der Waals surface area contributed by atoms with Gasteiger partial charge in [-0.15, -0.1) is 0 Å². The van der Waals surface area contributed by atoms with Crippen LogP contribution in [0.2, 0.25) is 10.0 Å². The Morgan fingerprint density at radius 2 is 1.24 bits per heavy atom. The number of H-pyrrole nitrogens is 2. The number of halogens is 2. The highest BCUT2D eigenvalue weighted by atomic mass is 35.5. The minimum absolute atomic E-state index is 0.0720. The second-order valence-electron chi connectivity index (χ2n) is 18.1. The van der Waals surface area contributed by atoms with Gasteiger partial charge >= 0.3 is 0 Å². The summed E-state index contributed by atoms with van der Waals surface area (Å²) in [6, 6.07) is 47.7. The highest BCUT2D eigenvalue weighted by molar-refractivity contribution is 6.36. The maximum atomic E-state index is 14.2. The standard InChI is InChI=1S/C60H41Cl2N7O2/c1-34-10-12-36(13-11-34)21-45-31-65-59-50(58(45)71)29-48(54(67-59)38-7-4-3-5-8-38)42-23-43-24-44(30-64-57(43)52(62)26-42)37-14-16-39(17-15-37)55-47(41-22-40-9-6-19-63-56(40)51(61)25-41)28-49-53(70)27-46(66-60(49)68-55)33-69-20-18-35(2)32-69/h3-20,22-32H,21,33H2,1-2H3,(H,65,67,71)(H,66,68,70). The van der Waals surface area contributed by atoms with Crippen molar-refractivity contribution in [1.82, 2.24) is 34.5 Å². The Hall–Kier alpha value is -8.50. The molecule has 342 valence electrons. The molecule has 0 saturated heterocycles. The first kappa shape index (κ1) is 43.8. The van der Waals surface area contributed by atoms with E-state index in [1.54, 1.807) is 18.5 Å². The molecule has 0 radical (unpaired) electrons. The van der Waals surface area contributed by atoms with Gasteiger partial charge in [0.25, 0.3) is 0 Å². The Labute approximate surface area is 417 Å². The van der Waals surface area contributed by atoms with Gasteiger partial charge in [-0.2, -0.15) is 0 Å². The average Bonchev–Trinajstić information content (AvgIpc) is 3.80. The van der Waals surface area contributed by atoms with Crippen LogP contribution >= 0.6 is 23.2 Å². The van der Waals surface area contributed by atoms with Crippen LogP contribution < -0.4 is 10.9 Å². The number of nitrogens with one attached hydrogen (secondary N) is 2. The van der Waals surface area contributed by atoms with Gasteiger partial charge in [-0.05, 0) is 96.3 Å². The van der Waals surface area contributed by atoms with Crippen molar-refractivity contribution in [1.29, 1.82) is 0 Å². The highest BCUT2D eigenvalue weighted by Gasteiger charge is 2.20. The average molecular weight is 963 g/mol. The second kappa shape index (κ2) is 17.8. The fourth-order valence-corrected chi connectivity index (χ4v) is 10.1. The van der Waals surface area contributed by atoms with Crippen molar-refractivity contribution in [3.8, 4) is 55.9 Å². The first-order chi connectivity index (χ1) is 34.6. The fraction of sp³-hybridized carbons (Fsp3) is 0.0667. The van der Waals surface area contributed by atoms with Crippen molar-refractivity contribution in [2.75, 3.05) is 0 Å². The number of benzene rings is 5. The molecule has 0 aliphatic heterocycles. The molecule has 7 heterocycles. The number of rotatable bonds is 9. The summed E-state index contributed by atoms with van der Waals surface area (Å²) in [7, 11) is 0. The number of hydrogen-bond acceptors (Lipinski definition) is 6. The molecule has 5 aromatic carbocycles. The normalized spacial score (nSPS) is 11.6. The van der Waals surface area contributed by atoms with E-state index in [2.05, 4.69) is 58.3 Å². The topological polar surface area (TPSA) is 122 Å². The molecule has 0 unspecified atom stereocenters. The lowest BCUT2D eigenvalue weighted by atomic mass is 9.94. The predicted octanol–water partition coefficient (Wildman–Crippen LogP) is 14.0. The zero-order valence-electron chi connectivity index (χ0n) is 38.5. The Morgan fingerprint density at radius 3 is 1.97 bits per heavy atom. The molecule has 9 nitrogen and oxygen atoms in total. The lowest BCUT2D eigenvalue weighted by molar-refractivity contribution is 0.781. The van der Waals surface area contributed by atoms with Crippen molar-refractivity contribution in [3.05, 3.63) is 235 Å². The Balaban J connectivity index is 0.950. The second-order valence-corrected chi connectivity index (χ2v) is 18.9. The predicted molar refractivity (Wildman–Crippen MR) is 288 cm³/mol. The summed E-state index contributed by atoms with van der Waals surface area (Å²) in [6.07, 6.45) is 9.85. The highest BCUT2D eigenvalue weighted by Crippen LogP contribution is 2.40. The molecule has 7 aromatic heterocycles. The van der Waals surface area contributed by atoms with E-state index in [1.165, 1.54) is 0 Å².